The van der Waals surface area contributed by atoms with Crippen molar-refractivity contribution in [2.45, 2.75) is 32.7 Å². The maximum atomic E-state index is 11.7. The summed E-state index contributed by atoms with van der Waals surface area (Å²) >= 11 is 0. The van der Waals surface area contributed by atoms with Gasteiger partial charge in [-0.2, -0.15) is 0 Å². The van der Waals surface area contributed by atoms with E-state index in [0.29, 0.717) is 0 Å². The zero-order valence-electron chi connectivity index (χ0n) is 9.83. The minimum Gasteiger partial charge on any atom is -0.459 e. The molecule has 0 aromatic rings. The average molecular weight is 227 g/mol. The van der Waals surface area contributed by atoms with Gasteiger partial charge in [-0.05, 0) is 6.92 Å². The predicted molar refractivity (Wildman–Crippen MR) is 58.7 cm³/mol. The Morgan fingerprint density at radius 1 is 1.44 bits per heavy atom. The zero-order valence-corrected chi connectivity index (χ0v) is 9.83. The van der Waals surface area contributed by atoms with E-state index in [9.17, 15) is 14.4 Å². The highest BCUT2D eigenvalue weighted by molar-refractivity contribution is 6.10. The Labute approximate surface area is 94.8 Å². The van der Waals surface area contributed by atoms with Crippen molar-refractivity contribution in [3.63, 3.8) is 0 Å². The van der Waals surface area contributed by atoms with E-state index in [1.165, 1.54) is 19.9 Å². The number of ether oxygens (including phenoxy) is 1. The monoisotopic (exact) mass is 227 g/mol. The maximum Gasteiger partial charge on any atom is 0.339 e. The quantitative estimate of drug-likeness (QED) is 0.409. The van der Waals surface area contributed by atoms with Gasteiger partial charge in [0.05, 0.1) is 0 Å². The number of amides is 1. The fourth-order valence-corrected chi connectivity index (χ4v) is 1.22. The number of carbonyl (C=O) groups excluding carboxylic acids is 3. The van der Waals surface area contributed by atoms with Crippen molar-refractivity contribution in [2.24, 2.45) is 0 Å². The molecule has 5 nitrogen and oxygen atoms in total. The first kappa shape index (κ1) is 14.3. The van der Waals surface area contributed by atoms with E-state index >= 15 is 0 Å². The van der Waals surface area contributed by atoms with Crippen molar-refractivity contribution in [3.8, 4) is 0 Å². The molecule has 0 heterocycles. The van der Waals surface area contributed by atoms with Crippen molar-refractivity contribution in [2.75, 3.05) is 6.61 Å². The van der Waals surface area contributed by atoms with Gasteiger partial charge < -0.3 is 10.1 Å². The first-order chi connectivity index (χ1) is 7.38. The van der Waals surface area contributed by atoms with Crippen LogP contribution in [0.4, 0.5) is 0 Å². The van der Waals surface area contributed by atoms with Gasteiger partial charge in [0.25, 0.3) is 0 Å². The molecule has 1 N–H and O–H groups in total. The molecule has 0 aliphatic rings. The first-order valence-electron chi connectivity index (χ1n) is 4.98. The van der Waals surface area contributed by atoms with E-state index in [2.05, 4.69) is 11.9 Å². The van der Waals surface area contributed by atoms with Crippen LogP contribution in [0.5, 0.6) is 0 Å². The molecule has 1 unspecified atom stereocenters. The van der Waals surface area contributed by atoms with Gasteiger partial charge in [0.1, 0.15) is 6.61 Å². The average Bonchev–Trinajstić information content (AvgIpc) is 2.23. The van der Waals surface area contributed by atoms with Crippen LogP contribution in [0.2, 0.25) is 0 Å². The zero-order chi connectivity index (χ0) is 12.8. The summed E-state index contributed by atoms with van der Waals surface area (Å²) in [5.74, 6) is -1.62. The summed E-state index contributed by atoms with van der Waals surface area (Å²) in [6, 6.07) is 0. The molecule has 0 aromatic carbocycles. The van der Waals surface area contributed by atoms with Crippen LogP contribution in [0.15, 0.2) is 12.7 Å². The summed E-state index contributed by atoms with van der Waals surface area (Å²) in [7, 11) is 0. The van der Waals surface area contributed by atoms with E-state index in [0.717, 1.165) is 0 Å². The summed E-state index contributed by atoms with van der Waals surface area (Å²) in [5.41, 5.74) is -1.61. The van der Waals surface area contributed by atoms with Crippen molar-refractivity contribution in [1.82, 2.24) is 5.32 Å². The third-order valence-electron chi connectivity index (χ3n) is 2.05. The second-order valence-corrected chi connectivity index (χ2v) is 3.47. The maximum absolute atomic E-state index is 11.7. The summed E-state index contributed by atoms with van der Waals surface area (Å²) in [5, 5.41) is 2.32. The third-order valence-corrected chi connectivity index (χ3v) is 2.05. The Bertz CT molecular complexity index is 311. The Hall–Kier alpha value is -1.65. The van der Waals surface area contributed by atoms with Crippen LogP contribution < -0.4 is 5.32 Å². The smallest absolute Gasteiger partial charge is 0.339 e. The summed E-state index contributed by atoms with van der Waals surface area (Å²) in [6.07, 6.45) is 1.53. The largest absolute Gasteiger partial charge is 0.459 e. The number of carbonyl (C=O) groups is 3. The van der Waals surface area contributed by atoms with E-state index in [1.807, 2.05) is 0 Å². The molecular weight excluding hydrogens is 210 g/mol. The van der Waals surface area contributed by atoms with Crippen LogP contribution in [0, 0.1) is 0 Å². The normalized spacial score (nSPS) is 13.4. The molecule has 0 spiro atoms. The molecule has 0 radical (unpaired) electrons. The Kier molecular flexibility index (Phi) is 5.42. The van der Waals surface area contributed by atoms with Gasteiger partial charge in [0.2, 0.25) is 5.91 Å². The molecule has 16 heavy (non-hydrogen) atoms. The second-order valence-electron chi connectivity index (χ2n) is 3.47. The predicted octanol–water partition coefficient (Wildman–Crippen LogP) is 0.589. The standard InChI is InChI=1S/C11H17NO4/c1-5-7-16-10(15)11(4,9(14)6-2)12-8(3)13/h5H,1,6-7H2,2-4H3,(H,12,13). The van der Waals surface area contributed by atoms with Crippen molar-refractivity contribution >= 4 is 17.7 Å². The Morgan fingerprint density at radius 3 is 2.38 bits per heavy atom. The van der Waals surface area contributed by atoms with Crippen LogP contribution in [0.25, 0.3) is 0 Å². The van der Waals surface area contributed by atoms with Gasteiger partial charge in [0.15, 0.2) is 11.3 Å². The second kappa shape index (κ2) is 6.05. The van der Waals surface area contributed by atoms with Crippen LogP contribution in [-0.2, 0) is 19.1 Å². The third kappa shape index (κ3) is 3.49. The van der Waals surface area contributed by atoms with E-state index < -0.39 is 23.2 Å². The molecule has 90 valence electrons. The summed E-state index contributed by atoms with van der Waals surface area (Å²) in [4.78, 5) is 34.3. The summed E-state index contributed by atoms with van der Waals surface area (Å²) < 4.78 is 4.79. The van der Waals surface area contributed by atoms with Gasteiger partial charge >= 0.3 is 5.97 Å². The highest BCUT2D eigenvalue weighted by Gasteiger charge is 2.42. The minimum atomic E-state index is -1.61. The fourth-order valence-electron chi connectivity index (χ4n) is 1.22. The molecule has 0 fully saturated rings. The van der Waals surface area contributed by atoms with Crippen LogP contribution in [0.3, 0.4) is 0 Å². The number of ketones is 1. The lowest BCUT2D eigenvalue weighted by Crippen LogP contribution is -2.58. The van der Waals surface area contributed by atoms with Crippen molar-refractivity contribution in [1.29, 1.82) is 0 Å². The molecular formula is C11H17NO4. The number of hydrogen-bond acceptors (Lipinski definition) is 4. The SMILES string of the molecule is C=CCOC(=O)C(C)(NC(C)=O)C(=O)CC. The van der Waals surface area contributed by atoms with Crippen molar-refractivity contribution < 1.29 is 19.1 Å². The molecule has 0 rings (SSSR count). The van der Waals surface area contributed by atoms with Crippen LogP contribution >= 0.6 is 0 Å². The lowest BCUT2D eigenvalue weighted by Gasteiger charge is -2.25. The van der Waals surface area contributed by atoms with E-state index in [1.54, 1.807) is 6.92 Å². The molecule has 1 amide bonds. The Balaban J connectivity index is 4.90. The number of esters is 1. The number of Topliss-reactive ketones (excluding diaryl/α,β-unsaturated/α-hetero) is 1. The highest BCUT2D eigenvalue weighted by atomic mass is 16.5. The molecule has 5 heteroatoms. The molecule has 1 atom stereocenters. The van der Waals surface area contributed by atoms with E-state index in [-0.39, 0.29) is 13.0 Å². The summed E-state index contributed by atoms with van der Waals surface area (Å²) in [6.45, 7) is 7.59. The molecule has 0 saturated carbocycles. The Morgan fingerprint density at radius 2 is 2.00 bits per heavy atom. The van der Waals surface area contributed by atoms with Gasteiger partial charge in [-0.15, -0.1) is 0 Å². The van der Waals surface area contributed by atoms with Crippen molar-refractivity contribution in [3.05, 3.63) is 12.7 Å². The van der Waals surface area contributed by atoms with Gasteiger partial charge in [0, 0.05) is 13.3 Å². The van der Waals surface area contributed by atoms with Crippen LogP contribution in [-0.4, -0.2) is 29.8 Å². The molecule has 0 aromatic heterocycles. The first-order valence-corrected chi connectivity index (χ1v) is 4.98. The molecule has 0 bridgehead atoms. The fraction of sp³-hybridized carbons (Fsp3) is 0.545. The molecule has 0 aliphatic heterocycles. The lowest BCUT2D eigenvalue weighted by molar-refractivity contribution is -0.155. The van der Waals surface area contributed by atoms with Gasteiger partial charge in [-0.1, -0.05) is 19.6 Å². The topological polar surface area (TPSA) is 72.5 Å². The lowest BCUT2D eigenvalue weighted by atomic mass is 9.94. The van der Waals surface area contributed by atoms with E-state index in [4.69, 9.17) is 4.74 Å². The van der Waals surface area contributed by atoms with Gasteiger partial charge in [-0.3, -0.25) is 9.59 Å². The number of hydrogen-bond donors (Lipinski definition) is 1. The minimum absolute atomic E-state index is 0.00496. The molecule has 0 saturated heterocycles. The number of rotatable bonds is 6. The highest BCUT2D eigenvalue weighted by Crippen LogP contribution is 2.11. The van der Waals surface area contributed by atoms with Crippen LogP contribution in [0.1, 0.15) is 27.2 Å². The van der Waals surface area contributed by atoms with Gasteiger partial charge in [-0.25, -0.2) is 4.79 Å². The number of nitrogens with one attached hydrogen (secondary N) is 1. The molecule has 0 aliphatic carbocycles.